The van der Waals surface area contributed by atoms with Crippen molar-refractivity contribution in [2.75, 3.05) is 0 Å². The minimum absolute atomic E-state index is 0.0393. The number of esters is 1. The van der Waals surface area contributed by atoms with E-state index in [1.54, 1.807) is 6.08 Å². The lowest BCUT2D eigenvalue weighted by molar-refractivity contribution is -0.164. The van der Waals surface area contributed by atoms with Crippen molar-refractivity contribution >= 4 is 5.97 Å². The summed E-state index contributed by atoms with van der Waals surface area (Å²) in [5.74, 6) is 0.734. The summed E-state index contributed by atoms with van der Waals surface area (Å²) in [5.41, 5.74) is -0.468. The van der Waals surface area contributed by atoms with Crippen LogP contribution in [-0.4, -0.2) is 11.6 Å². The predicted molar refractivity (Wildman–Crippen MR) is 68.4 cm³/mol. The average molecular weight is 234 g/mol. The van der Waals surface area contributed by atoms with E-state index in [-0.39, 0.29) is 11.4 Å². The molecule has 0 N–H and O–H groups in total. The Morgan fingerprint density at radius 1 is 1.53 bits per heavy atom. The Morgan fingerprint density at radius 3 is 2.82 bits per heavy atom. The first-order chi connectivity index (χ1) is 7.95. The number of carbonyl (C=O) groups excluding carboxylic acids is 1. The van der Waals surface area contributed by atoms with Crippen LogP contribution < -0.4 is 0 Å². The van der Waals surface area contributed by atoms with E-state index >= 15 is 0 Å². The van der Waals surface area contributed by atoms with Crippen LogP contribution in [0.2, 0.25) is 0 Å². The molecular formula is C15H22O2. The molecule has 0 saturated heterocycles. The summed E-state index contributed by atoms with van der Waals surface area (Å²) in [7, 11) is 0. The Labute approximate surface area is 104 Å². The van der Waals surface area contributed by atoms with Crippen molar-refractivity contribution in [1.82, 2.24) is 0 Å². The van der Waals surface area contributed by atoms with Gasteiger partial charge in [0.15, 0.2) is 0 Å². The topological polar surface area (TPSA) is 26.3 Å². The molecule has 0 unspecified atom stereocenters. The van der Waals surface area contributed by atoms with Crippen LogP contribution in [0, 0.1) is 17.3 Å². The number of hydrogen-bond donors (Lipinski definition) is 0. The van der Waals surface area contributed by atoms with E-state index in [9.17, 15) is 4.79 Å². The van der Waals surface area contributed by atoms with E-state index in [0.29, 0.717) is 11.8 Å². The van der Waals surface area contributed by atoms with Crippen molar-refractivity contribution in [3.63, 3.8) is 0 Å². The second kappa shape index (κ2) is 4.01. The van der Waals surface area contributed by atoms with Crippen LogP contribution in [0.25, 0.3) is 0 Å². The molecule has 0 aromatic rings. The number of hydrogen-bond acceptors (Lipinski definition) is 2. The van der Waals surface area contributed by atoms with Gasteiger partial charge in [0.2, 0.25) is 0 Å². The fraction of sp³-hybridized carbons (Fsp3) is 0.667. The molecule has 0 radical (unpaired) electrons. The van der Waals surface area contributed by atoms with E-state index in [0.717, 1.165) is 12.8 Å². The first-order valence-electron chi connectivity index (χ1n) is 6.51. The normalized spacial score (nSPS) is 41.0. The molecule has 0 spiro atoms. The third-order valence-corrected chi connectivity index (χ3v) is 4.49. The van der Waals surface area contributed by atoms with Gasteiger partial charge in [-0.3, -0.25) is 0 Å². The summed E-state index contributed by atoms with van der Waals surface area (Å²) in [6.45, 7) is 8.64. The molecular weight excluding hydrogens is 212 g/mol. The first-order valence-corrected chi connectivity index (χ1v) is 6.51. The molecule has 2 aliphatic rings. The zero-order valence-electron chi connectivity index (χ0n) is 11.2. The van der Waals surface area contributed by atoms with Crippen LogP contribution in [-0.2, 0) is 9.53 Å². The van der Waals surface area contributed by atoms with Crippen molar-refractivity contribution in [2.45, 2.75) is 46.1 Å². The number of allylic oxidation sites excluding steroid dienone is 1. The lowest BCUT2D eigenvalue weighted by atomic mass is 9.68. The minimum atomic E-state index is -0.429. The fourth-order valence-electron chi connectivity index (χ4n) is 3.57. The van der Waals surface area contributed by atoms with Crippen molar-refractivity contribution in [3.8, 4) is 0 Å². The van der Waals surface area contributed by atoms with E-state index in [4.69, 9.17) is 4.74 Å². The molecule has 1 aliphatic heterocycles. The van der Waals surface area contributed by atoms with E-state index in [1.165, 1.54) is 0 Å². The summed E-state index contributed by atoms with van der Waals surface area (Å²) in [6, 6.07) is 0. The Bertz CT molecular complexity index is 380. The van der Waals surface area contributed by atoms with Crippen LogP contribution in [0.3, 0.4) is 0 Å². The molecule has 1 aliphatic carbocycles. The molecule has 3 atom stereocenters. The number of ether oxygens (including phenoxy) is 1. The summed E-state index contributed by atoms with van der Waals surface area (Å²) < 4.78 is 5.80. The minimum Gasteiger partial charge on any atom is -0.450 e. The van der Waals surface area contributed by atoms with E-state index in [2.05, 4.69) is 32.9 Å². The predicted octanol–water partition coefficient (Wildman–Crippen LogP) is 3.49. The highest BCUT2D eigenvalue weighted by Crippen LogP contribution is 2.57. The third kappa shape index (κ3) is 1.65. The molecule has 2 nitrogen and oxygen atoms in total. The lowest BCUT2D eigenvalue weighted by Gasteiger charge is -2.45. The maximum Gasteiger partial charge on any atom is 0.331 e. The van der Waals surface area contributed by atoms with Gasteiger partial charge in [0.05, 0.1) is 0 Å². The maximum atomic E-state index is 11.7. The number of fused-ring (bicyclic) bond motifs is 1. The van der Waals surface area contributed by atoms with Gasteiger partial charge in [-0.2, -0.15) is 0 Å². The van der Waals surface area contributed by atoms with Gasteiger partial charge in [0.25, 0.3) is 0 Å². The SMILES string of the molecule is C/C=C\[C@@]12OC(=O)C=C[C@]1(C)CC[C@H]2C(C)C. The van der Waals surface area contributed by atoms with Gasteiger partial charge in [-0.25, -0.2) is 4.79 Å². The van der Waals surface area contributed by atoms with Crippen LogP contribution in [0.15, 0.2) is 24.3 Å². The molecule has 94 valence electrons. The molecule has 0 amide bonds. The van der Waals surface area contributed by atoms with Gasteiger partial charge in [0, 0.05) is 17.4 Å². The van der Waals surface area contributed by atoms with Crippen molar-refractivity contribution < 1.29 is 9.53 Å². The van der Waals surface area contributed by atoms with Crippen molar-refractivity contribution in [3.05, 3.63) is 24.3 Å². The highest BCUT2D eigenvalue weighted by atomic mass is 16.6. The third-order valence-electron chi connectivity index (χ3n) is 4.49. The Kier molecular flexibility index (Phi) is 2.92. The highest BCUT2D eigenvalue weighted by molar-refractivity contribution is 5.84. The van der Waals surface area contributed by atoms with E-state index in [1.807, 2.05) is 13.0 Å². The summed E-state index contributed by atoms with van der Waals surface area (Å²) in [5, 5.41) is 0. The fourth-order valence-corrected chi connectivity index (χ4v) is 3.57. The zero-order valence-corrected chi connectivity index (χ0v) is 11.2. The summed E-state index contributed by atoms with van der Waals surface area (Å²) >= 11 is 0. The molecule has 1 saturated carbocycles. The quantitative estimate of drug-likeness (QED) is 0.540. The van der Waals surface area contributed by atoms with Gasteiger partial charge < -0.3 is 4.74 Å². The lowest BCUT2D eigenvalue weighted by Crippen LogP contribution is -2.51. The van der Waals surface area contributed by atoms with Gasteiger partial charge >= 0.3 is 5.97 Å². The van der Waals surface area contributed by atoms with Gasteiger partial charge in [0.1, 0.15) is 5.60 Å². The summed E-state index contributed by atoms with van der Waals surface area (Å²) in [6.07, 6.45) is 9.98. The standard InChI is InChI=1S/C15H22O2/c1-5-8-15-12(11(2)3)6-9-14(15,4)10-7-13(16)17-15/h5,7-8,10-12H,6,9H2,1-4H3/b8-5-/t12-,14-,15-/m0/s1. The largest absolute Gasteiger partial charge is 0.450 e. The van der Waals surface area contributed by atoms with Gasteiger partial charge in [-0.05, 0) is 31.8 Å². The second-order valence-corrected chi connectivity index (χ2v) is 5.85. The maximum absolute atomic E-state index is 11.7. The molecule has 0 aromatic carbocycles. The Hall–Kier alpha value is -1.05. The molecule has 2 heteroatoms. The first kappa shape index (κ1) is 12.4. The smallest absolute Gasteiger partial charge is 0.331 e. The highest BCUT2D eigenvalue weighted by Gasteiger charge is 2.59. The molecule has 1 fully saturated rings. The molecule has 1 heterocycles. The van der Waals surface area contributed by atoms with Crippen molar-refractivity contribution in [2.24, 2.45) is 17.3 Å². The summed E-state index contributed by atoms with van der Waals surface area (Å²) in [4.78, 5) is 11.7. The number of rotatable bonds is 2. The molecule has 17 heavy (non-hydrogen) atoms. The second-order valence-electron chi connectivity index (χ2n) is 5.85. The number of carbonyl (C=O) groups is 1. The molecule has 0 bridgehead atoms. The van der Waals surface area contributed by atoms with Crippen LogP contribution in [0.5, 0.6) is 0 Å². The zero-order chi connectivity index (χ0) is 12.7. The molecule has 0 aromatic heterocycles. The van der Waals surface area contributed by atoms with Gasteiger partial charge in [-0.15, -0.1) is 0 Å². The Balaban J connectivity index is 2.52. The van der Waals surface area contributed by atoms with E-state index < -0.39 is 5.60 Å². The Morgan fingerprint density at radius 2 is 2.24 bits per heavy atom. The average Bonchev–Trinajstić information content (AvgIpc) is 2.52. The van der Waals surface area contributed by atoms with Gasteiger partial charge in [-0.1, -0.05) is 32.9 Å². The van der Waals surface area contributed by atoms with Crippen LogP contribution >= 0.6 is 0 Å². The molecule has 2 rings (SSSR count). The van der Waals surface area contributed by atoms with Crippen LogP contribution in [0.1, 0.15) is 40.5 Å². The van der Waals surface area contributed by atoms with Crippen molar-refractivity contribution in [1.29, 1.82) is 0 Å². The van der Waals surface area contributed by atoms with Crippen LogP contribution in [0.4, 0.5) is 0 Å². The monoisotopic (exact) mass is 234 g/mol.